The van der Waals surface area contributed by atoms with E-state index in [2.05, 4.69) is 4.74 Å². The molecule has 2 rings (SSSR count). The second-order valence-corrected chi connectivity index (χ2v) is 5.02. The predicted molar refractivity (Wildman–Crippen MR) is 62.7 cm³/mol. The average Bonchev–Trinajstić information content (AvgIpc) is 2.41. The Hall–Kier alpha value is -0.680. The predicted octanol–water partition coefficient (Wildman–Crippen LogP) is 2.21. The molecule has 0 spiro atoms. The second-order valence-electron chi connectivity index (χ2n) is 5.02. The van der Waals surface area contributed by atoms with Crippen molar-refractivity contribution in [3.63, 3.8) is 0 Å². The lowest BCUT2D eigenvalue weighted by Crippen LogP contribution is -2.39. The first kappa shape index (κ1) is 13.7. The summed E-state index contributed by atoms with van der Waals surface area (Å²) in [5.74, 6) is -0.637. The fraction of sp³-hybridized carbons (Fsp3) is 0.923. The Morgan fingerprint density at radius 3 is 2.72 bits per heavy atom. The molecule has 18 heavy (non-hydrogen) atoms. The monoisotopic (exact) mass is 260 g/mol. The highest BCUT2D eigenvalue weighted by atomic mass is 19.1. The molecule has 1 saturated heterocycles. The van der Waals surface area contributed by atoms with Gasteiger partial charge in [0.1, 0.15) is 6.17 Å². The summed E-state index contributed by atoms with van der Waals surface area (Å²) in [6.07, 6.45) is 2.53. The van der Waals surface area contributed by atoms with E-state index in [9.17, 15) is 9.18 Å². The number of ether oxygens (including phenoxy) is 3. The molecule has 2 fully saturated rings. The minimum absolute atomic E-state index is 0.198. The van der Waals surface area contributed by atoms with E-state index in [1.165, 1.54) is 7.11 Å². The third kappa shape index (κ3) is 3.42. The van der Waals surface area contributed by atoms with Crippen LogP contribution in [0.15, 0.2) is 0 Å². The first-order chi connectivity index (χ1) is 8.70. The Morgan fingerprint density at radius 2 is 2.11 bits per heavy atom. The lowest BCUT2D eigenvalue weighted by atomic mass is 9.86. The number of alkyl halides is 1. The van der Waals surface area contributed by atoms with Crippen LogP contribution in [-0.4, -0.2) is 38.3 Å². The van der Waals surface area contributed by atoms with E-state index in [0.29, 0.717) is 19.4 Å². The molecule has 1 unspecified atom stereocenters. The van der Waals surface area contributed by atoms with Crippen molar-refractivity contribution in [2.45, 2.75) is 57.1 Å². The number of hydrogen-bond acceptors (Lipinski definition) is 4. The minimum Gasteiger partial charge on any atom is -0.469 e. The summed E-state index contributed by atoms with van der Waals surface area (Å²) in [7, 11) is 1.34. The lowest BCUT2D eigenvalue weighted by molar-refractivity contribution is -0.208. The van der Waals surface area contributed by atoms with Crippen LogP contribution in [0.2, 0.25) is 0 Å². The normalized spacial score (nSPS) is 37.2. The van der Waals surface area contributed by atoms with Crippen LogP contribution in [0.3, 0.4) is 0 Å². The van der Waals surface area contributed by atoms with Gasteiger partial charge in [-0.2, -0.15) is 0 Å². The maximum absolute atomic E-state index is 14.0. The summed E-state index contributed by atoms with van der Waals surface area (Å²) in [5, 5.41) is 0. The molecular formula is C13H21FO4. The van der Waals surface area contributed by atoms with E-state index in [1.54, 1.807) is 0 Å². The van der Waals surface area contributed by atoms with Gasteiger partial charge in [-0.25, -0.2) is 4.39 Å². The smallest absolute Gasteiger partial charge is 0.308 e. The Kier molecular flexibility index (Phi) is 4.95. The van der Waals surface area contributed by atoms with Gasteiger partial charge in [-0.15, -0.1) is 0 Å². The van der Waals surface area contributed by atoms with E-state index >= 15 is 0 Å². The standard InChI is InChI=1S/C13H21FO4/c1-16-13(15)9-5-6-11(10(14)8-9)18-12-4-2-3-7-17-12/h9-12H,2-8H2,1H3/t9-,10+,11-,12?/m0/s1. The third-order valence-corrected chi connectivity index (χ3v) is 3.71. The van der Waals surface area contributed by atoms with Crippen molar-refractivity contribution < 1.29 is 23.4 Å². The number of esters is 1. The van der Waals surface area contributed by atoms with E-state index in [0.717, 1.165) is 19.3 Å². The minimum atomic E-state index is -1.10. The largest absolute Gasteiger partial charge is 0.469 e. The van der Waals surface area contributed by atoms with Crippen molar-refractivity contribution in [2.75, 3.05) is 13.7 Å². The number of hydrogen-bond donors (Lipinski definition) is 0. The van der Waals surface area contributed by atoms with E-state index < -0.39 is 12.3 Å². The van der Waals surface area contributed by atoms with Gasteiger partial charge in [0.2, 0.25) is 0 Å². The van der Waals surface area contributed by atoms with Crippen LogP contribution in [0, 0.1) is 5.92 Å². The molecule has 0 bridgehead atoms. The highest BCUT2D eigenvalue weighted by Gasteiger charge is 2.36. The molecule has 4 nitrogen and oxygen atoms in total. The molecule has 0 aromatic carbocycles. The summed E-state index contributed by atoms with van der Waals surface area (Å²) in [4.78, 5) is 11.4. The van der Waals surface area contributed by atoms with Crippen LogP contribution in [0.1, 0.15) is 38.5 Å². The van der Waals surface area contributed by atoms with Crippen LogP contribution >= 0.6 is 0 Å². The van der Waals surface area contributed by atoms with Crippen molar-refractivity contribution in [3.05, 3.63) is 0 Å². The van der Waals surface area contributed by atoms with E-state index in [4.69, 9.17) is 9.47 Å². The SMILES string of the molecule is COC(=O)[C@H]1CC[C@H](OC2CCCCO2)[C@H](F)C1. The molecule has 5 heteroatoms. The molecule has 0 amide bonds. The van der Waals surface area contributed by atoms with E-state index in [-0.39, 0.29) is 24.6 Å². The van der Waals surface area contributed by atoms with Gasteiger partial charge >= 0.3 is 5.97 Å². The Labute approximate surface area is 107 Å². The van der Waals surface area contributed by atoms with Crippen molar-refractivity contribution >= 4 is 5.97 Å². The molecule has 0 aromatic rings. The fourth-order valence-corrected chi connectivity index (χ4v) is 2.64. The molecule has 1 aliphatic carbocycles. The molecule has 0 aromatic heterocycles. The molecule has 1 saturated carbocycles. The van der Waals surface area contributed by atoms with Crippen molar-refractivity contribution in [2.24, 2.45) is 5.92 Å². The van der Waals surface area contributed by atoms with Gasteiger partial charge in [-0.05, 0) is 38.5 Å². The van der Waals surface area contributed by atoms with Gasteiger partial charge in [0.25, 0.3) is 0 Å². The summed E-state index contributed by atoms with van der Waals surface area (Å²) >= 11 is 0. The Morgan fingerprint density at radius 1 is 1.28 bits per heavy atom. The van der Waals surface area contributed by atoms with E-state index in [1.807, 2.05) is 0 Å². The van der Waals surface area contributed by atoms with Crippen LogP contribution in [0.4, 0.5) is 4.39 Å². The van der Waals surface area contributed by atoms with Crippen LogP contribution in [-0.2, 0) is 19.0 Å². The second kappa shape index (κ2) is 6.48. The summed E-state index contributed by atoms with van der Waals surface area (Å²) in [6, 6.07) is 0. The fourth-order valence-electron chi connectivity index (χ4n) is 2.64. The molecule has 0 radical (unpaired) electrons. The van der Waals surface area contributed by atoms with Crippen molar-refractivity contribution in [1.29, 1.82) is 0 Å². The number of carbonyl (C=O) groups is 1. The van der Waals surface area contributed by atoms with Gasteiger partial charge in [-0.3, -0.25) is 4.79 Å². The number of methoxy groups -OCH3 is 1. The highest BCUT2D eigenvalue weighted by molar-refractivity contribution is 5.72. The van der Waals surface area contributed by atoms with Crippen molar-refractivity contribution in [3.8, 4) is 0 Å². The average molecular weight is 260 g/mol. The van der Waals surface area contributed by atoms with Gasteiger partial charge in [0.05, 0.1) is 19.1 Å². The molecule has 104 valence electrons. The lowest BCUT2D eigenvalue weighted by Gasteiger charge is -2.34. The molecule has 1 heterocycles. The molecule has 1 aliphatic heterocycles. The zero-order chi connectivity index (χ0) is 13.0. The van der Waals surface area contributed by atoms with Crippen LogP contribution in [0.5, 0.6) is 0 Å². The van der Waals surface area contributed by atoms with Gasteiger partial charge < -0.3 is 14.2 Å². The highest BCUT2D eigenvalue weighted by Crippen LogP contribution is 2.31. The summed E-state index contributed by atoms with van der Waals surface area (Å²) < 4.78 is 29.7. The van der Waals surface area contributed by atoms with Gasteiger partial charge in [0, 0.05) is 6.61 Å². The maximum atomic E-state index is 14.0. The Balaban J connectivity index is 1.79. The van der Waals surface area contributed by atoms with Crippen LogP contribution in [0.25, 0.3) is 0 Å². The zero-order valence-electron chi connectivity index (χ0n) is 10.8. The molecule has 4 atom stereocenters. The number of halogens is 1. The van der Waals surface area contributed by atoms with Gasteiger partial charge in [0.15, 0.2) is 6.29 Å². The van der Waals surface area contributed by atoms with Crippen molar-refractivity contribution in [1.82, 2.24) is 0 Å². The quantitative estimate of drug-likeness (QED) is 0.730. The summed E-state index contributed by atoms with van der Waals surface area (Å²) in [6.45, 7) is 0.694. The first-order valence-corrected chi connectivity index (χ1v) is 6.69. The number of carbonyl (C=O) groups excluding carboxylic acids is 1. The Bertz CT molecular complexity index is 278. The summed E-state index contributed by atoms with van der Waals surface area (Å²) in [5.41, 5.74) is 0. The first-order valence-electron chi connectivity index (χ1n) is 6.69. The topological polar surface area (TPSA) is 44.8 Å². The molecule has 0 N–H and O–H groups in total. The number of rotatable bonds is 3. The van der Waals surface area contributed by atoms with Gasteiger partial charge in [-0.1, -0.05) is 0 Å². The maximum Gasteiger partial charge on any atom is 0.308 e. The molecule has 2 aliphatic rings. The molecular weight excluding hydrogens is 239 g/mol. The third-order valence-electron chi connectivity index (χ3n) is 3.71. The van der Waals surface area contributed by atoms with Crippen LogP contribution < -0.4 is 0 Å². The zero-order valence-corrected chi connectivity index (χ0v) is 10.8.